The molecule has 1 aromatic rings. The quantitative estimate of drug-likeness (QED) is 0.871. The molecule has 1 saturated carbocycles. The molecule has 0 heterocycles. The van der Waals surface area contributed by atoms with Crippen LogP contribution in [0.25, 0.3) is 0 Å². The van der Waals surface area contributed by atoms with Gasteiger partial charge < -0.3 is 10.5 Å². The molecule has 1 aromatic carbocycles. The van der Waals surface area contributed by atoms with E-state index in [1.165, 1.54) is 31.7 Å². The Bertz CT molecular complexity index is 372. The fourth-order valence-electron chi connectivity index (χ4n) is 2.41. The van der Waals surface area contributed by atoms with E-state index in [9.17, 15) is 4.39 Å². The molecule has 0 spiro atoms. The molecule has 0 saturated heterocycles. The Labute approximate surface area is 102 Å². The maximum absolute atomic E-state index is 13.7. The van der Waals surface area contributed by atoms with Crippen LogP contribution >= 0.6 is 0 Å². The van der Waals surface area contributed by atoms with Crippen LogP contribution in [0.4, 0.5) is 4.39 Å². The van der Waals surface area contributed by atoms with E-state index in [2.05, 4.69) is 0 Å². The highest BCUT2D eigenvalue weighted by Crippen LogP contribution is 2.30. The van der Waals surface area contributed by atoms with Crippen LogP contribution in [0.1, 0.15) is 44.2 Å². The lowest BCUT2D eigenvalue weighted by atomic mass is 10.1. The smallest absolute Gasteiger partial charge is 0.165 e. The molecule has 2 nitrogen and oxygen atoms in total. The van der Waals surface area contributed by atoms with Crippen molar-refractivity contribution in [2.75, 3.05) is 6.61 Å². The predicted molar refractivity (Wildman–Crippen MR) is 66.5 cm³/mol. The molecule has 0 aliphatic heterocycles. The molecule has 3 heteroatoms. The van der Waals surface area contributed by atoms with E-state index in [4.69, 9.17) is 10.5 Å². The first-order valence-electron chi connectivity index (χ1n) is 6.35. The molecular formula is C14H20FNO. The third kappa shape index (κ3) is 2.97. The van der Waals surface area contributed by atoms with E-state index in [0.29, 0.717) is 18.3 Å². The molecule has 1 aliphatic carbocycles. The van der Waals surface area contributed by atoms with E-state index in [0.717, 1.165) is 5.56 Å². The van der Waals surface area contributed by atoms with Gasteiger partial charge in [0.15, 0.2) is 11.6 Å². The van der Waals surface area contributed by atoms with Gasteiger partial charge in [-0.25, -0.2) is 4.39 Å². The third-order valence-corrected chi connectivity index (χ3v) is 3.43. The highest BCUT2D eigenvalue weighted by molar-refractivity contribution is 5.36. The van der Waals surface area contributed by atoms with Gasteiger partial charge in [0.25, 0.3) is 0 Å². The van der Waals surface area contributed by atoms with E-state index in [1.54, 1.807) is 6.07 Å². The lowest BCUT2D eigenvalue weighted by molar-refractivity contribution is 0.239. The van der Waals surface area contributed by atoms with Crippen molar-refractivity contribution in [2.45, 2.75) is 38.6 Å². The van der Waals surface area contributed by atoms with Crippen LogP contribution in [0.15, 0.2) is 18.2 Å². The summed E-state index contributed by atoms with van der Waals surface area (Å²) in [7, 11) is 0. The van der Waals surface area contributed by atoms with Gasteiger partial charge in [-0.15, -0.1) is 0 Å². The first-order chi connectivity index (χ1) is 8.18. The Morgan fingerprint density at radius 3 is 2.76 bits per heavy atom. The molecule has 1 fully saturated rings. The van der Waals surface area contributed by atoms with Gasteiger partial charge in [-0.3, -0.25) is 0 Å². The SMILES string of the molecule is C[C@@H](N)c1cccc(F)c1OCC1CCCC1. The maximum atomic E-state index is 13.7. The molecule has 1 atom stereocenters. The topological polar surface area (TPSA) is 35.2 Å². The number of halogens is 1. The van der Waals surface area contributed by atoms with Crippen LogP contribution in [0.3, 0.4) is 0 Å². The Balaban J connectivity index is 2.07. The molecule has 2 rings (SSSR count). The number of hydrogen-bond donors (Lipinski definition) is 1. The summed E-state index contributed by atoms with van der Waals surface area (Å²) in [5.41, 5.74) is 6.57. The van der Waals surface area contributed by atoms with Crippen molar-refractivity contribution in [3.63, 3.8) is 0 Å². The van der Waals surface area contributed by atoms with Crippen molar-refractivity contribution >= 4 is 0 Å². The van der Waals surface area contributed by atoms with Gasteiger partial charge in [0, 0.05) is 11.6 Å². The van der Waals surface area contributed by atoms with Gasteiger partial charge >= 0.3 is 0 Å². The molecule has 0 amide bonds. The van der Waals surface area contributed by atoms with Crippen molar-refractivity contribution < 1.29 is 9.13 Å². The first-order valence-corrected chi connectivity index (χ1v) is 6.35. The monoisotopic (exact) mass is 237 g/mol. The largest absolute Gasteiger partial charge is 0.490 e. The van der Waals surface area contributed by atoms with Crippen LogP contribution in [0, 0.1) is 11.7 Å². The van der Waals surface area contributed by atoms with Crippen LogP contribution in [0.2, 0.25) is 0 Å². The summed E-state index contributed by atoms with van der Waals surface area (Å²) >= 11 is 0. The average Bonchev–Trinajstić information content (AvgIpc) is 2.80. The number of ether oxygens (including phenoxy) is 1. The van der Waals surface area contributed by atoms with Gasteiger partial charge in [0.2, 0.25) is 0 Å². The first kappa shape index (κ1) is 12.4. The lowest BCUT2D eigenvalue weighted by Crippen LogP contribution is -2.13. The average molecular weight is 237 g/mol. The molecule has 0 unspecified atom stereocenters. The zero-order chi connectivity index (χ0) is 12.3. The van der Waals surface area contributed by atoms with E-state index in [1.807, 2.05) is 13.0 Å². The number of rotatable bonds is 4. The summed E-state index contributed by atoms with van der Waals surface area (Å²) in [6, 6.07) is 4.73. The highest BCUT2D eigenvalue weighted by atomic mass is 19.1. The van der Waals surface area contributed by atoms with Crippen molar-refractivity contribution in [2.24, 2.45) is 11.7 Å². The Morgan fingerprint density at radius 1 is 1.41 bits per heavy atom. The lowest BCUT2D eigenvalue weighted by Gasteiger charge is -2.17. The van der Waals surface area contributed by atoms with Gasteiger partial charge in [-0.1, -0.05) is 25.0 Å². The second-order valence-electron chi connectivity index (χ2n) is 4.91. The molecular weight excluding hydrogens is 217 g/mol. The van der Waals surface area contributed by atoms with Crippen LogP contribution < -0.4 is 10.5 Å². The Hall–Kier alpha value is -1.09. The maximum Gasteiger partial charge on any atom is 0.165 e. The van der Waals surface area contributed by atoms with Gasteiger partial charge in [-0.2, -0.15) is 0 Å². The fourth-order valence-corrected chi connectivity index (χ4v) is 2.41. The third-order valence-electron chi connectivity index (χ3n) is 3.43. The molecule has 94 valence electrons. The number of hydrogen-bond acceptors (Lipinski definition) is 2. The number of nitrogens with two attached hydrogens (primary N) is 1. The standard InChI is InChI=1S/C14H20FNO/c1-10(16)12-7-4-8-13(15)14(12)17-9-11-5-2-3-6-11/h4,7-8,10-11H,2-3,5-6,9,16H2,1H3/t10-/m1/s1. The summed E-state index contributed by atoms with van der Waals surface area (Å²) in [6.07, 6.45) is 4.93. The van der Waals surface area contributed by atoms with E-state index in [-0.39, 0.29) is 11.9 Å². The fraction of sp³-hybridized carbons (Fsp3) is 0.571. The Morgan fingerprint density at radius 2 is 2.12 bits per heavy atom. The van der Waals surface area contributed by atoms with Crippen LogP contribution in [0.5, 0.6) is 5.75 Å². The van der Waals surface area contributed by atoms with Crippen molar-refractivity contribution in [3.8, 4) is 5.75 Å². The number of benzene rings is 1. The van der Waals surface area contributed by atoms with Crippen LogP contribution in [-0.4, -0.2) is 6.61 Å². The minimum Gasteiger partial charge on any atom is -0.490 e. The second kappa shape index (κ2) is 5.50. The Kier molecular flexibility index (Phi) is 4.00. The zero-order valence-electron chi connectivity index (χ0n) is 10.3. The minimum absolute atomic E-state index is 0.204. The zero-order valence-corrected chi connectivity index (χ0v) is 10.3. The van der Waals surface area contributed by atoms with Crippen molar-refractivity contribution in [3.05, 3.63) is 29.6 Å². The van der Waals surface area contributed by atoms with Crippen molar-refractivity contribution in [1.29, 1.82) is 0 Å². The number of para-hydroxylation sites is 1. The van der Waals surface area contributed by atoms with Crippen molar-refractivity contribution in [1.82, 2.24) is 0 Å². The van der Waals surface area contributed by atoms with E-state index < -0.39 is 0 Å². The molecule has 0 aromatic heterocycles. The normalized spacial score (nSPS) is 18.3. The van der Waals surface area contributed by atoms with E-state index >= 15 is 0 Å². The summed E-state index contributed by atoms with van der Waals surface area (Å²) in [5.74, 6) is 0.614. The minimum atomic E-state index is -0.308. The molecule has 17 heavy (non-hydrogen) atoms. The molecule has 0 bridgehead atoms. The second-order valence-corrected chi connectivity index (χ2v) is 4.91. The predicted octanol–water partition coefficient (Wildman–Crippen LogP) is 3.41. The van der Waals surface area contributed by atoms with Gasteiger partial charge in [0.05, 0.1) is 6.61 Å². The van der Waals surface area contributed by atoms with Crippen LogP contribution in [-0.2, 0) is 0 Å². The molecule has 1 aliphatic rings. The summed E-state index contributed by atoms with van der Waals surface area (Å²) in [5, 5.41) is 0. The van der Waals surface area contributed by atoms with Gasteiger partial charge in [-0.05, 0) is 31.7 Å². The molecule has 2 N–H and O–H groups in total. The summed E-state index contributed by atoms with van der Waals surface area (Å²) < 4.78 is 19.4. The molecule has 0 radical (unpaired) electrons. The van der Waals surface area contributed by atoms with Gasteiger partial charge in [0.1, 0.15) is 0 Å². The highest BCUT2D eigenvalue weighted by Gasteiger charge is 2.18. The summed E-state index contributed by atoms with van der Waals surface area (Å²) in [4.78, 5) is 0. The summed E-state index contributed by atoms with van der Waals surface area (Å²) in [6.45, 7) is 2.46.